The van der Waals surface area contributed by atoms with Crippen molar-refractivity contribution in [3.63, 3.8) is 0 Å². The lowest BCUT2D eigenvalue weighted by Crippen LogP contribution is -2.22. The van der Waals surface area contributed by atoms with E-state index in [4.69, 9.17) is 0 Å². The average molecular weight is 188 g/mol. The first-order valence-electron chi connectivity index (χ1n) is 4.77. The Bertz CT molecular complexity index is 125. The van der Waals surface area contributed by atoms with Crippen LogP contribution in [0.15, 0.2) is 0 Å². The normalized spacial score (nSPS) is 16.2. The summed E-state index contributed by atoms with van der Waals surface area (Å²) >= 11 is 2.07. The fourth-order valence-electron chi connectivity index (χ4n) is 0.625. The van der Waals surface area contributed by atoms with Crippen LogP contribution in [0.25, 0.3) is 0 Å². The Morgan fingerprint density at radius 2 is 1.42 bits per heavy atom. The first-order valence-corrected chi connectivity index (χ1v) is 5.75. The van der Waals surface area contributed by atoms with Crippen LogP contribution in [-0.2, 0) is 0 Å². The lowest BCUT2D eigenvalue weighted by Gasteiger charge is -2.29. The van der Waals surface area contributed by atoms with Crippen LogP contribution in [-0.4, -0.2) is 10.5 Å². The maximum atomic E-state index is 2.35. The number of rotatable bonds is 2. The van der Waals surface area contributed by atoms with E-state index in [9.17, 15) is 0 Å². The van der Waals surface area contributed by atoms with Gasteiger partial charge in [-0.25, -0.2) is 0 Å². The zero-order valence-corrected chi connectivity index (χ0v) is 10.5. The first-order chi connectivity index (χ1) is 5.13. The van der Waals surface area contributed by atoms with Crippen molar-refractivity contribution in [1.82, 2.24) is 0 Å². The Kier molecular flexibility index (Phi) is 4.16. The van der Waals surface area contributed by atoms with Crippen molar-refractivity contribution in [2.75, 3.05) is 5.75 Å². The molecule has 0 N–H and O–H groups in total. The topological polar surface area (TPSA) is 0 Å². The molecule has 0 heterocycles. The quantitative estimate of drug-likeness (QED) is 0.626. The van der Waals surface area contributed by atoms with Crippen LogP contribution in [0.1, 0.15) is 48.5 Å². The van der Waals surface area contributed by atoms with E-state index in [2.05, 4.69) is 60.2 Å². The van der Waals surface area contributed by atoms with Gasteiger partial charge in [-0.3, -0.25) is 0 Å². The summed E-state index contributed by atoms with van der Waals surface area (Å²) in [7, 11) is 0. The van der Waals surface area contributed by atoms with E-state index in [1.54, 1.807) is 0 Å². The third-order valence-electron chi connectivity index (χ3n) is 2.24. The van der Waals surface area contributed by atoms with Crippen molar-refractivity contribution in [2.45, 2.75) is 53.2 Å². The third kappa shape index (κ3) is 5.93. The van der Waals surface area contributed by atoms with Crippen molar-refractivity contribution in [3.05, 3.63) is 0 Å². The molecule has 1 unspecified atom stereocenters. The van der Waals surface area contributed by atoms with Gasteiger partial charge in [0.15, 0.2) is 0 Å². The van der Waals surface area contributed by atoms with E-state index in [1.165, 1.54) is 5.75 Å². The lowest BCUT2D eigenvalue weighted by molar-refractivity contribution is 0.288. The smallest absolute Gasteiger partial charge is 0.00752 e. The Balaban J connectivity index is 3.80. The van der Waals surface area contributed by atoms with Gasteiger partial charge in [0.25, 0.3) is 0 Å². The van der Waals surface area contributed by atoms with Crippen LogP contribution in [0, 0.1) is 11.3 Å². The zero-order valence-electron chi connectivity index (χ0n) is 9.69. The predicted molar refractivity (Wildman–Crippen MR) is 60.8 cm³/mol. The second-order valence-corrected chi connectivity index (χ2v) is 7.54. The van der Waals surface area contributed by atoms with Gasteiger partial charge >= 0.3 is 0 Å². The van der Waals surface area contributed by atoms with Crippen LogP contribution in [0.4, 0.5) is 0 Å². The molecule has 1 heteroatoms. The zero-order chi connectivity index (χ0) is 9.99. The monoisotopic (exact) mass is 188 g/mol. The largest absolute Gasteiger partial charge is 0.156 e. The molecule has 12 heavy (non-hydrogen) atoms. The summed E-state index contributed by atoms with van der Waals surface area (Å²) in [6, 6.07) is 0. The lowest BCUT2D eigenvalue weighted by atomic mass is 9.83. The molecule has 74 valence electrons. The summed E-state index contributed by atoms with van der Waals surface area (Å²) in [4.78, 5) is 0. The molecule has 0 amide bonds. The van der Waals surface area contributed by atoms with Crippen LogP contribution < -0.4 is 0 Å². The molecule has 0 aliphatic heterocycles. The van der Waals surface area contributed by atoms with Crippen molar-refractivity contribution in [3.8, 4) is 0 Å². The summed E-state index contributed by atoms with van der Waals surface area (Å²) in [5.74, 6) is 2.06. The third-order valence-corrected chi connectivity index (χ3v) is 3.78. The van der Waals surface area contributed by atoms with E-state index in [0.717, 1.165) is 5.92 Å². The summed E-state index contributed by atoms with van der Waals surface area (Å²) in [5.41, 5.74) is 0.457. The van der Waals surface area contributed by atoms with Gasteiger partial charge < -0.3 is 0 Å². The van der Waals surface area contributed by atoms with Gasteiger partial charge in [-0.15, -0.1) is 0 Å². The minimum atomic E-state index is 0.416. The minimum Gasteiger partial charge on any atom is -0.156 e. The van der Waals surface area contributed by atoms with Crippen molar-refractivity contribution in [2.24, 2.45) is 11.3 Å². The van der Waals surface area contributed by atoms with Gasteiger partial charge in [0.1, 0.15) is 0 Å². The maximum absolute atomic E-state index is 2.35. The van der Waals surface area contributed by atoms with E-state index < -0.39 is 0 Å². The van der Waals surface area contributed by atoms with Crippen LogP contribution in [0.2, 0.25) is 0 Å². The first kappa shape index (κ1) is 12.3. The highest BCUT2D eigenvalue weighted by molar-refractivity contribution is 8.00. The molecule has 1 atom stereocenters. The van der Waals surface area contributed by atoms with E-state index >= 15 is 0 Å². The fourth-order valence-corrected chi connectivity index (χ4v) is 1.88. The molecule has 0 aromatic heterocycles. The van der Waals surface area contributed by atoms with Gasteiger partial charge in [0.2, 0.25) is 0 Å². The Labute approximate surface area is 82.5 Å². The van der Waals surface area contributed by atoms with Crippen molar-refractivity contribution in [1.29, 1.82) is 0 Å². The number of thioether (sulfide) groups is 1. The Morgan fingerprint density at radius 1 is 1.00 bits per heavy atom. The number of hydrogen-bond acceptors (Lipinski definition) is 1. The molecular weight excluding hydrogens is 164 g/mol. The molecule has 0 rings (SSSR count). The second kappa shape index (κ2) is 4.04. The highest BCUT2D eigenvalue weighted by atomic mass is 32.2. The van der Waals surface area contributed by atoms with Gasteiger partial charge in [0.05, 0.1) is 0 Å². The summed E-state index contributed by atoms with van der Waals surface area (Å²) in [5, 5.41) is 0. The van der Waals surface area contributed by atoms with E-state index in [1.807, 2.05) is 0 Å². The highest BCUT2D eigenvalue weighted by Gasteiger charge is 2.22. The van der Waals surface area contributed by atoms with Crippen LogP contribution in [0.3, 0.4) is 0 Å². The van der Waals surface area contributed by atoms with Crippen LogP contribution >= 0.6 is 11.8 Å². The molecule has 0 aliphatic rings. The van der Waals surface area contributed by atoms with Crippen molar-refractivity contribution >= 4 is 11.8 Å². The molecule has 0 bridgehead atoms. The van der Waals surface area contributed by atoms with Crippen LogP contribution in [0.5, 0.6) is 0 Å². The molecule has 0 aliphatic carbocycles. The molecule has 0 nitrogen and oxygen atoms in total. The molecule has 0 spiro atoms. The standard InChI is InChI=1S/C11H24S/c1-9(10(2,3)4)8-12-11(5,6)7/h9H,8H2,1-7H3. The van der Waals surface area contributed by atoms with Gasteiger partial charge in [0, 0.05) is 4.75 Å². The van der Waals surface area contributed by atoms with Gasteiger partial charge in [-0.05, 0) is 17.1 Å². The predicted octanol–water partition coefficient (Wildman–Crippen LogP) is 4.20. The minimum absolute atomic E-state index is 0.416. The summed E-state index contributed by atoms with van der Waals surface area (Å²) in [6.07, 6.45) is 0. The molecular formula is C11H24S. The molecule has 0 radical (unpaired) electrons. The Morgan fingerprint density at radius 3 is 1.67 bits per heavy atom. The van der Waals surface area contributed by atoms with Gasteiger partial charge in [-0.2, -0.15) is 11.8 Å². The molecule has 0 saturated heterocycles. The molecule has 0 aromatic rings. The van der Waals surface area contributed by atoms with E-state index in [0.29, 0.717) is 10.2 Å². The second-order valence-electron chi connectivity index (χ2n) is 5.69. The number of hydrogen-bond donors (Lipinski definition) is 0. The molecule has 0 aromatic carbocycles. The maximum Gasteiger partial charge on any atom is 0.00752 e. The highest BCUT2D eigenvalue weighted by Crippen LogP contribution is 2.33. The fraction of sp³-hybridized carbons (Fsp3) is 1.00. The average Bonchev–Trinajstić information content (AvgIpc) is 1.78. The summed E-state index contributed by atoms with van der Waals surface area (Å²) < 4.78 is 0.416. The van der Waals surface area contributed by atoms with E-state index in [-0.39, 0.29) is 0 Å². The molecule has 0 saturated carbocycles. The van der Waals surface area contributed by atoms with Crippen molar-refractivity contribution < 1.29 is 0 Å². The Hall–Kier alpha value is 0.350. The SMILES string of the molecule is CC(CSC(C)(C)C)C(C)(C)C. The molecule has 0 fully saturated rings. The van der Waals surface area contributed by atoms with Gasteiger partial charge in [-0.1, -0.05) is 48.5 Å². The summed E-state index contributed by atoms with van der Waals surface area (Å²) in [6.45, 7) is 16.2.